The highest BCUT2D eigenvalue weighted by Crippen LogP contribution is 2.43. The summed E-state index contributed by atoms with van der Waals surface area (Å²) in [5, 5.41) is 3.14. The molecule has 2 aliphatic rings. The molecule has 1 saturated carbocycles. The molecule has 3 atom stereocenters. The normalized spacial score (nSPS) is 27.4. The number of ether oxygens (including phenoxy) is 2. The van der Waals surface area contributed by atoms with Crippen LogP contribution in [0, 0.1) is 0 Å². The van der Waals surface area contributed by atoms with Crippen molar-refractivity contribution in [2.75, 3.05) is 25.5 Å². The number of nitrogens with one attached hydrogen (secondary N) is 1. The van der Waals surface area contributed by atoms with Crippen LogP contribution in [0.2, 0.25) is 0 Å². The van der Waals surface area contributed by atoms with Crippen LogP contribution in [0.25, 0.3) is 0 Å². The lowest BCUT2D eigenvalue weighted by Gasteiger charge is -2.43. The van der Waals surface area contributed by atoms with Crippen molar-refractivity contribution < 1.29 is 9.47 Å². The Hall–Kier alpha value is -2.25. The predicted molar refractivity (Wildman–Crippen MR) is 107 cm³/mol. The smallest absolute Gasteiger partial charge is 0.222 e. The third kappa shape index (κ3) is 3.95. The Balaban J connectivity index is 1.45. The molecule has 0 bridgehead atoms. The van der Waals surface area contributed by atoms with Crippen LogP contribution in [0.5, 0.6) is 5.88 Å². The van der Waals surface area contributed by atoms with Crippen molar-refractivity contribution in [1.82, 2.24) is 19.9 Å². The fourth-order valence-electron chi connectivity index (χ4n) is 4.56. The van der Waals surface area contributed by atoms with Gasteiger partial charge in [-0.1, -0.05) is 6.07 Å². The maximum atomic E-state index is 6.17. The first kappa shape index (κ1) is 19.1. The molecule has 1 aliphatic heterocycles. The summed E-state index contributed by atoms with van der Waals surface area (Å²) in [5.74, 6) is 1.38. The third-order valence-corrected chi connectivity index (χ3v) is 6.00. The molecule has 0 amide bonds. The van der Waals surface area contributed by atoms with Crippen molar-refractivity contribution in [3.63, 3.8) is 0 Å². The van der Waals surface area contributed by atoms with E-state index in [4.69, 9.17) is 9.47 Å². The highest BCUT2D eigenvalue weighted by molar-refractivity contribution is 5.24. The van der Waals surface area contributed by atoms with Gasteiger partial charge in [-0.15, -0.1) is 0 Å². The minimum Gasteiger partial charge on any atom is -0.474 e. The first-order chi connectivity index (χ1) is 13.7. The summed E-state index contributed by atoms with van der Waals surface area (Å²) in [6.45, 7) is 4.71. The van der Waals surface area contributed by atoms with Crippen LogP contribution in [0.1, 0.15) is 38.2 Å². The lowest BCUT2D eigenvalue weighted by atomic mass is 9.79. The monoisotopic (exact) mass is 383 g/mol. The second-order valence-corrected chi connectivity index (χ2v) is 7.63. The number of rotatable bonds is 7. The van der Waals surface area contributed by atoms with E-state index in [9.17, 15) is 0 Å². The first-order valence-corrected chi connectivity index (χ1v) is 10.1. The van der Waals surface area contributed by atoms with Crippen LogP contribution in [0.15, 0.2) is 36.8 Å². The van der Waals surface area contributed by atoms with Crippen molar-refractivity contribution in [3.8, 4) is 5.88 Å². The van der Waals surface area contributed by atoms with Gasteiger partial charge in [0.1, 0.15) is 6.10 Å². The molecular formula is C21H29N5O2. The minimum atomic E-state index is -0.0749. The summed E-state index contributed by atoms with van der Waals surface area (Å²) in [6, 6.07) is 6.12. The Labute approximate surface area is 166 Å². The van der Waals surface area contributed by atoms with Crippen LogP contribution >= 0.6 is 0 Å². The SMILES string of the molecule is CCNc1ncc(CN2CC[C@]3(OC)CC[C@H](Oc4ccccn4)C[C@H]23)cn1. The Morgan fingerprint density at radius 1 is 1.21 bits per heavy atom. The molecule has 0 unspecified atom stereocenters. The van der Waals surface area contributed by atoms with Gasteiger partial charge in [-0.3, -0.25) is 4.90 Å². The van der Waals surface area contributed by atoms with E-state index in [-0.39, 0.29) is 11.7 Å². The van der Waals surface area contributed by atoms with Gasteiger partial charge in [0.15, 0.2) is 0 Å². The number of anilines is 1. The standard InChI is InChI=1S/C21H29N5O2/c1-3-22-20-24-13-16(14-25-20)15-26-11-9-21(27-2)8-7-17(12-18(21)26)28-19-6-4-5-10-23-19/h4-6,10,13-14,17-18H,3,7-9,11-12,15H2,1-2H3,(H,22,24,25)/t17-,18-,21+/m0/s1. The van der Waals surface area contributed by atoms with Crippen molar-refractivity contribution in [3.05, 3.63) is 42.4 Å². The van der Waals surface area contributed by atoms with Crippen LogP contribution < -0.4 is 10.1 Å². The Morgan fingerprint density at radius 2 is 2.07 bits per heavy atom. The lowest BCUT2D eigenvalue weighted by molar-refractivity contribution is -0.0843. The number of hydrogen-bond acceptors (Lipinski definition) is 7. The van der Waals surface area contributed by atoms with Crippen molar-refractivity contribution in [2.45, 2.75) is 56.9 Å². The summed E-state index contributed by atoms with van der Waals surface area (Å²) in [7, 11) is 1.85. The summed E-state index contributed by atoms with van der Waals surface area (Å²) in [4.78, 5) is 15.6. The van der Waals surface area contributed by atoms with Crippen molar-refractivity contribution in [2.24, 2.45) is 0 Å². The van der Waals surface area contributed by atoms with Gasteiger partial charge in [0.25, 0.3) is 0 Å². The zero-order valence-corrected chi connectivity index (χ0v) is 16.7. The molecule has 4 rings (SSSR count). The van der Waals surface area contributed by atoms with E-state index >= 15 is 0 Å². The average molecular weight is 383 g/mol. The predicted octanol–water partition coefficient (Wildman–Crippen LogP) is 2.89. The van der Waals surface area contributed by atoms with E-state index in [0.29, 0.717) is 17.9 Å². The molecule has 7 heteroatoms. The Morgan fingerprint density at radius 3 is 2.79 bits per heavy atom. The average Bonchev–Trinajstić information content (AvgIpc) is 3.09. The van der Waals surface area contributed by atoms with Crippen molar-refractivity contribution in [1.29, 1.82) is 0 Å². The van der Waals surface area contributed by atoms with Crippen LogP contribution in [-0.2, 0) is 11.3 Å². The fourth-order valence-corrected chi connectivity index (χ4v) is 4.56. The number of nitrogens with zero attached hydrogens (tertiary/aromatic N) is 4. The molecule has 28 heavy (non-hydrogen) atoms. The minimum absolute atomic E-state index is 0.0749. The molecule has 1 aliphatic carbocycles. The molecule has 150 valence electrons. The second-order valence-electron chi connectivity index (χ2n) is 7.63. The number of methoxy groups -OCH3 is 1. The summed E-state index contributed by atoms with van der Waals surface area (Å²) in [5.41, 5.74) is 1.05. The van der Waals surface area contributed by atoms with Gasteiger partial charge in [-0.2, -0.15) is 0 Å². The Bertz CT molecular complexity index is 757. The highest BCUT2D eigenvalue weighted by atomic mass is 16.5. The highest BCUT2D eigenvalue weighted by Gasteiger charge is 2.51. The topological polar surface area (TPSA) is 72.4 Å². The van der Waals surface area contributed by atoms with E-state index in [2.05, 4.69) is 25.2 Å². The third-order valence-electron chi connectivity index (χ3n) is 6.00. The van der Waals surface area contributed by atoms with Gasteiger partial charge >= 0.3 is 0 Å². The van der Waals surface area contributed by atoms with Crippen molar-refractivity contribution >= 4 is 5.95 Å². The van der Waals surface area contributed by atoms with Crippen LogP contribution in [0.3, 0.4) is 0 Å². The van der Waals surface area contributed by atoms with E-state index in [1.54, 1.807) is 6.20 Å². The summed E-state index contributed by atoms with van der Waals surface area (Å²) in [6.07, 6.45) is 9.78. The largest absolute Gasteiger partial charge is 0.474 e. The number of fused-ring (bicyclic) bond motifs is 1. The second kappa shape index (κ2) is 8.41. The fraction of sp³-hybridized carbons (Fsp3) is 0.571. The number of pyridine rings is 1. The number of aromatic nitrogens is 3. The van der Waals surface area contributed by atoms with E-state index in [1.165, 1.54) is 0 Å². The first-order valence-electron chi connectivity index (χ1n) is 10.1. The summed E-state index contributed by atoms with van der Waals surface area (Å²) >= 11 is 0. The van der Waals surface area contributed by atoms with Crippen LogP contribution in [0.4, 0.5) is 5.95 Å². The maximum Gasteiger partial charge on any atom is 0.222 e. The molecule has 0 radical (unpaired) electrons. The summed E-state index contributed by atoms with van der Waals surface area (Å²) < 4.78 is 12.2. The lowest BCUT2D eigenvalue weighted by Crippen LogP contribution is -2.52. The van der Waals surface area contributed by atoms with Gasteiger partial charge in [-0.05, 0) is 32.3 Å². The van der Waals surface area contributed by atoms with Crippen LogP contribution in [-0.4, -0.2) is 57.8 Å². The molecule has 1 saturated heterocycles. The molecule has 2 aromatic heterocycles. The van der Waals surface area contributed by atoms with E-state index in [0.717, 1.165) is 50.9 Å². The molecule has 0 aromatic carbocycles. The molecule has 3 heterocycles. The van der Waals surface area contributed by atoms with Gasteiger partial charge < -0.3 is 14.8 Å². The molecular weight excluding hydrogens is 354 g/mol. The molecule has 0 spiro atoms. The van der Waals surface area contributed by atoms with Gasteiger partial charge in [0.05, 0.1) is 5.60 Å². The Kier molecular flexibility index (Phi) is 5.73. The van der Waals surface area contributed by atoms with Gasteiger partial charge in [0.2, 0.25) is 11.8 Å². The molecule has 7 nitrogen and oxygen atoms in total. The van der Waals surface area contributed by atoms with E-state index < -0.39 is 0 Å². The number of likely N-dealkylation sites (tertiary alicyclic amines) is 1. The molecule has 2 fully saturated rings. The zero-order valence-electron chi connectivity index (χ0n) is 16.7. The van der Waals surface area contributed by atoms with Gasteiger partial charge in [-0.25, -0.2) is 15.0 Å². The van der Waals surface area contributed by atoms with E-state index in [1.807, 2.05) is 44.6 Å². The molecule has 1 N–H and O–H groups in total. The quantitative estimate of drug-likeness (QED) is 0.788. The van der Waals surface area contributed by atoms with Gasteiger partial charge in [0, 0.05) is 69.4 Å². The molecule has 2 aromatic rings. The number of hydrogen-bond donors (Lipinski definition) is 1. The maximum absolute atomic E-state index is 6.17. The zero-order chi connectivity index (χ0) is 19.4.